The number of rotatable bonds is 10. The molecule has 0 aromatic heterocycles. The fraction of sp³-hybridized carbons (Fsp3) is 0.148. The van der Waals surface area contributed by atoms with Crippen molar-refractivity contribution in [2.24, 2.45) is 0 Å². The average Bonchev–Trinajstić information content (AvgIpc) is 2.88. The van der Waals surface area contributed by atoms with E-state index in [1.165, 1.54) is 19.4 Å². The molecule has 0 fully saturated rings. The van der Waals surface area contributed by atoms with Crippen molar-refractivity contribution in [2.45, 2.75) is 0 Å². The number of para-hydroxylation sites is 1. The molecule has 0 saturated carbocycles. The Kier molecular flexibility index (Phi) is 8.24. The number of aromatic hydroxyl groups is 1. The highest BCUT2D eigenvalue weighted by Gasteiger charge is 2.14. The lowest BCUT2D eigenvalue weighted by Gasteiger charge is -2.13. The van der Waals surface area contributed by atoms with Crippen molar-refractivity contribution in [3.05, 3.63) is 77.5 Å². The molecular formula is C27H28N2O6. The zero-order valence-electron chi connectivity index (χ0n) is 20.0. The Morgan fingerprint density at radius 3 is 2.14 bits per heavy atom. The number of phenols is 1. The van der Waals surface area contributed by atoms with Crippen molar-refractivity contribution < 1.29 is 28.8 Å². The van der Waals surface area contributed by atoms with E-state index in [0.717, 1.165) is 5.56 Å². The molecule has 3 aromatic rings. The first-order valence-corrected chi connectivity index (χ1v) is 10.6. The maximum atomic E-state index is 12.5. The van der Waals surface area contributed by atoms with Crippen LogP contribution in [0.5, 0.6) is 28.7 Å². The maximum Gasteiger partial charge on any atom is 0.203 e. The van der Waals surface area contributed by atoms with Crippen LogP contribution >= 0.6 is 0 Å². The molecule has 0 bridgehead atoms. The SMILES string of the molecule is COc1ccc(C=Cc2cc(OC)c(OC)c(OC)c2)c(NC=CC(=O)c2ccccc2N)c1O. The Labute approximate surface area is 204 Å². The van der Waals surface area contributed by atoms with E-state index in [-0.39, 0.29) is 17.3 Å². The fourth-order valence-corrected chi connectivity index (χ4v) is 3.44. The highest BCUT2D eigenvalue weighted by atomic mass is 16.5. The number of methoxy groups -OCH3 is 4. The van der Waals surface area contributed by atoms with E-state index in [2.05, 4.69) is 5.32 Å². The van der Waals surface area contributed by atoms with Gasteiger partial charge in [-0.2, -0.15) is 0 Å². The quantitative estimate of drug-likeness (QED) is 0.123. The van der Waals surface area contributed by atoms with Crippen LogP contribution in [-0.2, 0) is 0 Å². The third-order valence-electron chi connectivity index (χ3n) is 5.22. The Morgan fingerprint density at radius 1 is 0.886 bits per heavy atom. The predicted molar refractivity (Wildman–Crippen MR) is 138 cm³/mol. The number of nitrogens with one attached hydrogen (secondary N) is 1. The summed E-state index contributed by atoms with van der Waals surface area (Å²) in [5.74, 6) is 1.44. The number of hydrogen-bond donors (Lipinski definition) is 3. The van der Waals surface area contributed by atoms with E-state index in [4.69, 9.17) is 24.7 Å². The summed E-state index contributed by atoms with van der Waals surface area (Å²) in [6.45, 7) is 0. The summed E-state index contributed by atoms with van der Waals surface area (Å²) >= 11 is 0. The van der Waals surface area contributed by atoms with Crippen LogP contribution in [0.3, 0.4) is 0 Å². The van der Waals surface area contributed by atoms with Gasteiger partial charge in [-0.1, -0.05) is 24.3 Å². The third-order valence-corrected chi connectivity index (χ3v) is 5.22. The average molecular weight is 477 g/mol. The maximum absolute atomic E-state index is 12.5. The number of ether oxygens (including phenoxy) is 4. The molecule has 3 rings (SSSR count). The number of phenolic OH excluding ortho intramolecular Hbond substituents is 1. The Balaban J connectivity index is 1.93. The molecule has 0 atom stereocenters. The van der Waals surface area contributed by atoms with E-state index >= 15 is 0 Å². The summed E-state index contributed by atoms with van der Waals surface area (Å²) in [6, 6.07) is 13.8. The predicted octanol–water partition coefficient (Wildman–Crippen LogP) is 4.99. The van der Waals surface area contributed by atoms with Crippen molar-refractivity contribution in [2.75, 3.05) is 39.5 Å². The van der Waals surface area contributed by atoms with Gasteiger partial charge in [0.25, 0.3) is 0 Å². The van der Waals surface area contributed by atoms with E-state index in [1.54, 1.807) is 75.9 Å². The van der Waals surface area contributed by atoms with Gasteiger partial charge in [-0.15, -0.1) is 0 Å². The molecule has 3 aromatic carbocycles. The molecule has 4 N–H and O–H groups in total. The van der Waals surface area contributed by atoms with Crippen molar-refractivity contribution in [3.63, 3.8) is 0 Å². The Hall–Kier alpha value is -4.59. The first-order valence-electron chi connectivity index (χ1n) is 10.6. The van der Waals surface area contributed by atoms with Crippen LogP contribution in [0.2, 0.25) is 0 Å². The van der Waals surface area contributed by atoms with Crippen LogP contribution in [0, 0.1) is 0 Å². The van der Waals surface area contributed by atoms with Gasteiger partial charge in [0.05, 0.1) is 34.1 Å². The first-order chi connectivity index (χ1) is 16.9. The number of carbonyl (C=O) groups excluding carboxylic acids is 1. The second-order valence-corrected chi connectivity index (χ2v) is 7.30. The molecule has 0 aliphatic heterocycles. The van der Waals surface area contributed by atoms with E-state index < -0.39 is 0 Å². The van der Waals surface area contributed by atoms with Crippen molar-refractivity contribution in [3.8, 4) is 28.7 Å². The molecule has 0 aliphatic carbocycles. The molecule has 0 unspecified atom stereocenters. The number of ketones is 1. The van der Waals surface area contributed by atoms with E-state index in [1.807, 2.05) is 6.08 Å². The number of nitrogen functional groups attached to an aromatic ring is 1. The lowest BCUT2D eigenvalue weighted by molar-refractivity contribution is 0.104. The van der Waals surface area contributed by atoms with Gasteiger partial charge in [-0.05, 0) is 42.0 Å². The molecule has 0 spiro atoms. The highest BCUT2D eigenvalue weighted by molar-refractivity contribution is 6.08. The van der Waals surface area contributed by atoms with Crippen LogP contribution in [0.1, 0.15) is 21.5 Å². The summed E-state index contributed by atoms with van der Waals surface area (Å²) in [7, 11) is 6.09. The van der Waals surface area contributed by atoms with Crippen LogP contribution in [-0.4, -0.2) is 39.3 Å². The summed E-state index contributed by atoms with van der Waals surface area (Å²) in [5, 5.41) is 13.7. The highest BCUT2D eigenvalue weighted by Crippen LogP contribution is 2.40. The summed E-state index contributed by atoms with van der Waals surface area (Å²) in [4.78, 5) is 12.5. The minimum absolute atomic E-state index is 0.101. The number of carbonyl (C=O) groups is 1. The van der Waals surface area contributed by atoms with Gasteiger partial charge in [0.2, 0.25) is 5.75 Å². The molecule has 0 saturated heterocycles. The largest absolute Gasteiger partial charge is 0.503 e. The zero-order chi connectivity index (χ0) is 25.4. The summed E-state index contributed by atoms with van der Waals surface area (Å²) < 4.78 is 21.4. The van der Waals surface area contributed by atoms with Gasteiger partial charge in [-0.25, -0.2) is 0 Å². The standard InChI is InChI=1S/C27H28N2O6/c1-32-22-12-11-18(10-9-17-15-23(33-2)27(35-4)24(16-17)34-3)25(26(22)31)29-14-13-21(30)19-7-5-6-8-20(19)28/h5-16,29,31H,28H2,1-4H3. The Bertz CT molecular complexity index is 1240. The molecule has 0 aliphatic rings. The second kappa shape index (κ2) is 11.5. The van der Waals surface area contributed by atoms with Gasteiger partial charge >= 0.3 is 0 Å². The van der Waals surface area contributed by atoms with Crippen LogP contribution in [0.25, 0.3) is 12.2 Å². The molecular weight excluding hydrogens is 448 g/mol. The van der Waals surface area contributed by atoms with Gasteiger partial charge < -0.3 is 35.1 Å². The monoisotopic (exact) mass is 476 g/mol. The summed E-state index contributed by atoms with van der Waals surface area (Å²) in [6.07, 6.45) is 6.42. The number of hydrogen-bond acceptors (Lipinski definition) is 8. The van der Waals surface area contributed by atoms with Gasteiger partial charge in [0.15, 0.2) is 28.8 Å². The smallest absolute Gasteiger partial charge is 0.203 e. The summed E-state index contributed by atoms with van der Waals surface area (Å²) in [5.41, 5.74) is 8.45. The molecule has 35 heavy (non-hydrogen) atoms. The van der Waals surface area contributed by atoms with E-state index in [9.17, 15) is 9.90 Å². The normalized spacial score (nSPS) is 11.0. The molecule has 8 nitrogen and oxygen atoms in total. The molecule has 0 radical (unpaired) electrons. The zero-order valence-corrected chi connectivity index (χ0v) is 20.0. The van der Waals surface area contributed by atoms with E-state index in [0.29, 0.717) is 39.8 Å². The van der Waals surface area contributed by atoms with Crippen molar-refractivity contribution in [1.82, 2.24) is 0 Å². The Morgan fingerprint density at radius 2 is 1.54 bits per heavy atom. The van der Waals surface area contributed by atoms with Crippen LogP contribution in [0.4, 0.5) is 11.4 Å². The minimum Gasteiger partial charge on any atom is -0.503 e. The fourth-order valence-electron chi connectivity index (χ4n) is 3.44. The third kappa shape index (κ3) is 5.67. The number of nitrogens with two attached hydrogens (primary N) is 1. The second-order valence-electron chi connectivity index (χ2n) is 7.30. The number of allylic oxidation sites excluding steroid dienone is 1. The number of benzene rings is 3. The minimum atomic E-state index is -0.271. The molecule has 8 heteroatoms. The molecule has 0 heterocycles. The lowest BCUT2D eigenvalue weighted by Crippen LogP contribution is -2.01. The van der Waals surface area contributed by atoms with Crippen molar-refractivity contribution >= 4 is 29.3 Å². The van der Waals surface area contributed by atoms with Gasteiger partial charge in [0.1, 0.15) is 0 Å². The van der Waals surface area contributed by atoms with Crippen LogP contribution < -0.4 is 30.0 Å². The topological polar surface area (TPSA) is 112 Å². The van der Waals surface area contributed by atoms with Gasteiger partial charge in [-0.3, -0.25) is 4.79 Å². The van der Waals surface area contributed by atoms with Gasteiger partial charge in [0, 0.05) is 29.1 Å². The first kappa shape index (κ1) is 25.0. The molecule has 0 amide bonds. The van der Waals surface area contributed by atoms with Crippen molar-refractivity contribution in [1.29, 1.82) is 0 Å². The molecule has 182 valence electrons. The number of anilines is 2. The lowest BCUT2D eigenvalue weighted by atomic mass is 10.1. The van der Waals surface area contributed by atoms with Crippen LogP contribution in [0.15, 0.2) is 60.8 Å².